The summed E-state index contributed by atoms with van der Waals surface area (Å²) >= 11 is 8.61. The summed E-state index contributed by atoms with van der Waals surface area (Å²) in [5.41, 5.74) is 6.52. The number of aromatic nitrogens is 4. The molecule has 124 valence electrons. The highest BCUT2D eigenvalue weighted by molar-refractivity contribution is 7.99. The second-order valence-electron chi connectivity index (χ2n) is 4.78. The first-order chi connectivity index (χ1) is 11.6. The van der Waals surface area contributed by atoms with Gasteiger partial charge in [-0.05, 0) is 17.7 Å². The van der Waals surface area contributed by atoms with Crippen molar-refractivity contribution in [3.8, 4) is 0 Å². The fourth-order valence-corrected chi connectivity index (χ4v) is 3.58. The number of hydrogen-bond donors (Lipinski definition) is 3. The Hall–Kier alpha value is -2.10. The second kappa shape index (κ2) is 7.65. The Morgan fingerprint density at radius 1 is 1.46 bits per heavy atom. The maximum absolute atomic E-state index is 11.9. The number of thioether (sulfide) groups is 1. The van der Waals surface area contributed by atoms with Crippen LogP contribution in [0, 0.1) is 0 Å². The van der Waals surface area contributed by atoms with Crippen LogP contribution in [0.15, 0.2) is 35.6 Å². The molecule has 0 saturated heterocycles. The van der Waals surface area contributed by atoms with Gasteiger partial charge >= 0.3 is 0 Å². The summed E-state index contributed by atoms with van der Waals surface area (Å²) in [6, 6.07) is 7.67. The number of halogens is 1. The summed E-state index contributed by atoms with van der Waals surface area (Å²) < 4.78 is 0. The summed E-state index contributed by atoms with van der Waals surface area (Å²) in [5.74, 6) is 0.232. The van der Waals surface area contributed by atoms with E-state index in [1.165, 1.54) is 23.1 Å². The van der Waals surface area contributed by atoms with Gasteiger partial charge < -0.3 is 11.1 Å². The van der Waals surface area contributed by atoms with E-state index in [0.29, 0.717) is 15.3 Å². The Labute approximate surface area is 151 Å². The van der Waals surface area contributed by atoms with Crippen molar-refractivity contribution in [3.63, 3.8) is 0 Å². The van der Waals surface area contributed by atoms with Crippen molar-refractivity contribution in [2.24, 2.45) is 0 Å². The predicted molar refractivity (Wildman–Crippen MR) is 96.5 cm³/mol. The van der Waals surface area contributed by atoms with Gasteiger partial charge in [0.05, 0.1) is 5.75 Å². The Kier molecular flexibility index (Phi) is 5.34. The molecule has 24 heavy (non-hydrogen) atoms. The number of aromatic amines is 1. The molecular formula is C14H13ClN6OS2. The van der Waals surface area contributed by atoms with E-state index in [-0.39, 0.29) is 17.6 Å². The maximum atomic E-state index is 11.9. The SMILES string of the molecule is Nc1nc(SCC(=O)Nc2ncc(Cc3cccc(Cl)c3)s2)n[nH]1. The molecule has 1 amide bonds. The Bertz CT molecular complexity index is 849. The van der Waals surface area contributed by atoms with E-state index < -0.39 is 0 Å². The number of anilines is 2. The van der Waals surface area contributed by atoms with Crippen LogP contribution in [0.25, 0.3) is 0 Å². The third kappa shape index (κ3) is 4.70. The molecule has 4 N–H and O–H groups in total. The van der Waals surface area contributed by atoms with Gasteiger partial charge in [-0.2, -0.15) is 4.98 Å². The van der Waals surface area contributed by atoms with Crippen molar-refractivity contribution in [1.29, 1.82) is 0 Å². The fourth-order valence-electron chi connectivity index (χ4n) is 1.90. The van der Waals surface area contributed by atoms with Crippen molar-refractivity contribution in [3.05, 3.63) is 45.9 Å². The van der Waals surface area contributed by atoms with E-state index in [1.807, 2.05) is 24.3 Å². The zero-order valence-corrected chi connectivity index (χ0v) is 14.7. The van der Waals surface area contributed by atoms with Crippen molar-refractivity contribution in [2.75, 3.05) is 16.8 Å². The van der Waals surface area contributed by atoms with Gasteiger partial charge in [0.25, 0.3) is 0 Å². The molecule has 10 heteroatoms. The van der Waals surface area contributed by atoms with Crippen molar-refractivity contribution in [1.82, 2.24) is 20.2 Å². The lowest BCUT2D eigenvalue weighted by atomic mass is 10.1. The molecule has 0 unspecified atom stereocenters. The van der Waals surface area contributed by atoms with Gasteiger partial charge in [0.15, 0.2) is 5.13 Å². The molecule has 0 aliphatic rings. The number of rotatable bonds is 6. The summed E-state index contributed by atoms with van der Waals surface area (Å²) in [6.45, 7) is 0. The molecular weight excluding hydrogens is 368 g/mol. The minimum atomic E-state index is -0.174. The van der Waals surface area contributed by atoms with E-state index >= 15 is 0 Å². The second-order valence-corrected chi connectivity index (χ2v) is 7.27. The lowest BCUT2D eigenvalue weighted by molar-refractivity contribution is -0.113. The van der Waals surface area contributed by atoms with E-state index in [9.17, 15) is 4.79 Å². The Morgan fingerprint density at radius 3 is 3.08 bits per heavy atom. The van der Waals surface area contributed by atoms with Gasteiger partial charge in [0.2, 0.25) is 17.0 Å². The first-order valence-electron chi connectivity index (χ1n) is 6.88. The molecule has 0 spiro atoms. The first-order valence-corrected chi connectivity index (χ1v) is 9.06. The van der Waals surface area contributed by atoms with Crippen LogP contribution >= 0.6 is 34.7 Å². The number of nitrogens with two attached hydrogens (primary N) is 1. The summed E-state index contributed by atoms with van der Waals surface area (Å²) in [6.07, 6.45) is 2.48. The quantitative estimate of drug-likeness (QED) is 0.567. The van der Waals surface area contributed by atoms with Crippen molar-refractivity contribution >= 4 is 51.7 Å². The minimum Gasteiger partial charge on any atom is -0.368 e. The molecule has 0 atom stereocenters. The molecule has 0 saturated carbocycles. The van der Waals surface area contributed by atoms with Gasteiger partial charge in [-0.3, -0.25) is 4.79 Å². The van der Waals surface area contributed by atoms with Gasteiger partial charge in [-0.1, -0.05) is 35.5 Å². The molecule has 3 aromatic rings. The zero-order valence-electron chi connectivity index (χ0n) is 12.3. The minimum absolute atomic E-state index is 0.174. The number of nitrogens with zero attached hydrogens (tertiary/aromatic N) is 3. The topological polar surface area (TPSA) is 110 Å². The molecule has 0 aliphatic carbocycles. The third-order valence-electron chi connectivity index (χ3n) is 2.88. The van der Waals surface area contributed by atoms with Crippen LogP contribution in [0.2, 0.25) is 5.02 Å². The summed E-state index contributed by atoms with van der Waals surface area (Å²) in [7, 11) is 0. The lowest BCUT2D eigenvalue weighted by Crippen LogP contribution is -2.13. The highest BCUT2D eigenvalue weighted by atomic mass is 35.5. The zero-order chi connectivity index (χ0) is 16.9. The monoisotopic (exact) mass is 380 g/mol. The molecule has 7 nitrogen and oxygen atoms in total. The molecule has 0 bridgehead atoms. The molecule has 2 heterocycles. The number of carbonyl (C=O) groups excluding carboxylic acids is 1. The first kappa shape index (κ1) is 16.7. The molecule has 3 rings (SSSR count). The number of H-pyrrole nitrogens is 1. The highest BCUT2D eigenvalue weighted by Gasteiger charge is 2.10. The largest absolute Gasteiger partial charge is 0.368 e. The van der Waals surface area contributed by atoms with Crippen molar-refractivity contribution < 1.29 is 4.79 Å². The van der Waals surface area contributed by atoms with Crippen LogP contribution in [0.4, 0.5) is 11.1 Å². The molecule has 0 aliphatic heterocycles. The smallest absolute Gasteiger partial charge is 0.236 e. The Morgan fingerprint density at radius 2 is 2.33 bits per heavy atom. The number of thiazole rings is 1. The number of carbonyl (C=O) groups is 1. The third-order valence-corrected chi connectivity index (χ3v) is 4.88. The van der Waals surface area contributed by atoms with Crippen LogP contribution < -0.4 is 11.1 Å². The molecule has 1 aromatic carbocycles. The van der Waals surface area contributed by atoms with Crippen LogP contribution in [-0.4, -0.2) is 31.8 Å². The van der Waals surface area contributed by atoms with E-state index in [4.69, 9.17) is 17.3 Å². The number of benzene rings is 1. The van der Waals surface area contributed by atoms with E-state index in [2.05, 4.69) is 25.5 Å². The van der Waals surface area contributed by atoms with E-state index in [0.717, 1.165) is 16.9 Å². The average Bonchev–Trinajstić information content (AvgIpc) is 3.14. The van der Waals surface area contributed by atoms with Crippen LogP contribution in [0.1, 0.15) is 10.4 Å². The number of amides is 1. The van der Waals surface area contributed by atoms with Crippen molar-refractivity contribution in [2.45, 2.75) is 11.6 Å². The van der Waals surface area contributed by atoms with Crippen LogP contribution in [0.3, 0.4) is 0 Å². The number of nitrogens with one attached hydrogen (secondary N) is 2. The van der Waals surface area contributed by atoms with Crippen LogP contribution in [0.5, 0.6) is 0 Å². The molecule has 0 fully saturated rings. The van der Waals surface area contributed by atoms with Gasteiger partial charge in [-0.15, -0.1) is 16.4 Å². The van der Waals surface area contributed by atoms with Crippen LogP contribution in [-0.2, 0) is 11.2 Å². The maximum Gasteiger partial charge on any atom is 0.236 e. The normalized spacial score (nSPS) is 10.7. The molecule has 0 radical (unpaired) electrons. The lowest BCUT2D eigenvalue weighted by Gasteiger charge is -2.00. The Balaban J connectivity index is 1.52. The summed E-state index contributed by atoms with van der Waals surface area (Å²) in [4.78, 5) is 21.1. The van der Waals surface area contributed by atoms with E-state index in [1.54, 1.807) is 6.20 Å². The fraction of sp³-hybridized carbons (Fsp3) is 0.143. The average molecular weight is 381 g/mol. The number of nitrogen functional groups attached to an aromatic ring is 1. The summed E-state index contributed by atoms with van der Waals surface area (Å²) in [5, 5.41) is 10.8. The van der Waals surface area contributed by atoms with Gasteiger partial charge in [0.1, 0.15) is 0 Å². The van der Waals surface area contributed by atoms with Gasteiger partial charge in [0, 0.05) is 22.5 Å². The standard InChI is InChI=1S/C14H13ClN6OS2/c15-9-3-1-2-8(4-9)5-10-6-17-13(24-10)18-11(22)7-23-14-19-12(16)20-21-14/h1-4,6H,5,7H2,(H,17,18,22)(H3,16,19,20,21). The molecule has 2 aromatic heterocycles. The predicted octanol–water partition coefficient (Wildman–Crippen LogP) is 2.82. The number of hydrogen-bond acceptors (Lipinski definition) is 7. The van der Waals surface area contributed by atoms with Gasteiger partial charge in [-0.25, -0.2) is 10.1 Å². The highest BCUT2D eigenvalue weighted by Crippen LogP contribution is 2.23.